The van der Waals surface area contributed by atoms with Gasteiger partial charge in [0.15, 0.2) is 0 Å². The van der Waals surface area contributed by atoms with Crippen molar-refractivity contribution in [3.63, 3.8) is 0 Å². The Bertz CT molecular complexity index is 407. The summed E-state index contributed by atoms with van der Waals surface area (Å²) >= 11 is 0. The van der Waals surface area contributed by atoms with Gasteiger partial charge >= 0.3 is 5.69 Å². The van der Waals surface area contributed by atoms with Crippen molar-refractivity contribution in [2.45, 2.75) is 25.3 Å². The molecule has 1 aromatic rings. The number of hydrogen-bond donors (Lipinski definition) is 1. The van der Waals surface area contributed by atoms with Crippen LogP contribution in [0.25, 0.3) is 0 Å². The fraction of sp³-hybridized carbons (Fsp3) is 0.545. The van der Waals surface area contributed by atoms with Crippen molar-refractivity contribution in [1.29, 1.82) is 0 Å². The van der Waals surface area contributed by atoms with Gasteiger partial charge in [-0.2, -0.15) is 0 Å². The van der Waals surface area contributed by atoms with Gasteiger partial charge in [-0.15, -0.1) is 0 Å². The second kappa shape index (κ2) is 5.09. The molecule has 6 nitrogen and oxygen atoms in total. The van der Waals surface area contributed by atoms with E-state index in [2.05, 4.69) is 4.98 Å². The van der Waals surface area contributed by atoms with Crippen molar-refractivity contribution < 1.29 is 10.0 Å². The van der Waals surface area contributed by atoms with Crippen molar-refractivity contribution >= 4 is 11.4 Å². The zero-order chi connectivity index (χ0) is 12.3. The Balaban J connectivity index is 2.30. The SMILES string of the molecule is O=[N+]([O-])c1cnccc1N(CCO)C1CCC1. The van der Waals surface area contributed by atoms with Crippen LogP contribution in [0.3, 0.4) is 0 Å². The van der Waals surface area contributed by atoms with Gasteiger partial charge in [0, 0.05) is 18.8 Å². The van der Waals surface area contributed by atoms with Crippen LogP contribution in [-0.2, 0) is 0 Å². The smallest absolute Gasteiger partial charge is 0.310 e. The molecule has 0 spiro atoms. The van der Waals surface area contributed by atoms with Crippen LogP contribution in [0, 0.1) is 10.1 Å². The Labute approximate surface area is 99.0 Å². The maximum atomic E-state index is 10.9. The monoisotopic (exact) mass is 237 g/mol. The van der Waals surface area contributed by atoms with E-state index in [-0.39, 0.29) is 12.3 Å². The normalized spacial score (nSPS) is 15.4. The van der Waals surface area contributed by atoms with Gasteiger partial charge in [-0.1, -0.05) is 0 Å². The molecule has 0 amide bonds. The van der Waals surface area contributed by atoms with Crippen LogP contribution in [0.4, 0.5) is 11.4 Å². The summed E-state index contributed by atoms with van der Waals surface area (Å²) in [6, 6.07) is 1.95. The van der Waals surface area contributed by atoms with Crippen molar-refractivity contribution in [2.75, 3.05) is 18.1 Å². The molecule has 0 aliphatic heterocycles. The second-order valence-electron chi connectivity index (χ2n) is 4.12. The number of hydrogen-bond acceptors (Lipinski definition) is 5. The van der Waals surface area contributed by atoms with Crippen molar-refractivity contribution in [1.82, 2.24) is 4.98 Å². The van der Waals surface area contributed by atoms with Crippen molar-refractivity contribution in [2.24, 2.45) is 0 Å². The predicted molar refractivity (Wildman–Crippen MR) is 63.0 cm³/mol. The van der Waals surface area contributed by atoms with E-state index in [0.717, 1.165) is 19.3 Å². The lowest BCUT2D eigenvalue weighted by molar-refractivity contribution is -0.384. The Morgan fingerprint density at radius 2 is 2.35 bits per heavy atom. The lowest BCUT2D eigenvalue weighted by Crippen LogP contribution is -2.42. The number of rotatable bonds is 5. The molecule has 0 aromatic carbocycles. The first-order valence-electron chi connectivity index (χ1n) is 5.70. The van der Waals surface area contributed by atoms with Crippen LogP contribution < -0.4 is 4.90 Å². The summed E-state index contributed by atoms with van der Waals surface area (Å²) in [7, 11) is 0. The van der Waals surface area contributed by atoms with Gasteiger partial charge in [-0.25, -0.2) is 0 Å². The third-order valence-corrected chi connectivity index (χ3v) is 3.14. The molecule has 1 aliphatic carbocycles. The number of nitro groups is 1. The first-order chi connectivity index (χ1) is 8.24. The maximum Gasteiger partial charge on any atom is 0.310 e. The van der Waals surface area contributed by atoms with Gasteiger partial charge in [0.1, 0.15) is 11.9 Å². The van der Waals surface area contributed by atoms with Gasteiger partial charge in [-0.3, -0.25) is 15.1 Å². The summed E-state index contributed by atoms with van der Waals surface area (Å²) in [5.41, 5.74) is 0.566. The largest absolute Gasteiger partial charge is 0.395 e. The standard InChI is InChI=1S/C11H15N3O3/c15-7-6-13(9-2-1-3-9)10-4-5-12-8-11(10)14(16)17/h4-5,8-9,15H,1-3,6-7H2. The fourth-order valence-corrected chi connectivity index (χ4v) is 2.07. The highest BCUT2D eigenvalue weighted by Gasteiger charge is 2.29. The van der Waals surface area contributed by atoms with Crippen LogP contribution in [0.1, 0.15) is 19.3 Å². The predicted octanol–water partition coefficient (Wildman–Crippen LogP) is 1.34. The van der Waals surface area contributed by atoms with E-state index < -0.39 is 4.92 Å². The lowest BCUT2D eigenvalue weighted by Gasteiger charge is -2.38. The quantitative estimate of drug-likeness (QED) is 0.617. The summed E-state index contributed by atoms with van der Waals surface area (Å²) in [6.45, 7) is 0.422. The second-order valence-corrected chi connectivity index (χ2v) is 4.12. The zero-order valence-electron chi connectivity index (χ0n) is 9.45. The average Bonchev–Trinajstić information content (AvgIpc) is 2.26. The first-order valence-corrected chi connectivity index (χ1v) is 5.70. The molecular weight excluding hydrogens is 222 g/mol. The molecule has 1 aliphatic rings. The summed E-state index contributed by atoms with van der Waals surface area (Å²) in [5, 5.41) is 20.0. The molecule has 1 fully saturated rings. The topological polar surface area (TPSA) is 79.5 Å². The van der Waals surface area contributed by atoms with Crippen LogP contribution in [-0.4, -0.2) is 34.2 Å². The van der Waals surface area contributed by atoms with Gasteiger partial charge in [0.25, 0.3) is 0 Å². The van der Waals surface area contributed by atoms with Crippen LogP contribution in [0.2, 0.25) is 0 Å². The molecule has 1 saturated carbocycles. The number of pyridine rings is 1. The molecule has 0 unspecified atom stereocenters. The molecule has 6 heteroatoms. The van der Waals surface area contributed by atoms with Crippen molar-refractivity contribution in [3.8, 4) is 0 Å². The minimum atomic E-state index is -0.425. The van der Waals surface area contributed by atoms with E-state index in [1.807, 2.05) is 4.90 Å². The molecule has 1 aromatic heterocycles. The third-order valence-electron chi connectivity index (χ3n) is 3.14. The highest BCUT2D eigenvalue weighted by molar-refractivity contribution is 5.62. The van der Waals surface area contributed by atoms with Gasteiger partial charge < -0.3 is 10.0 Å². The third kappa shape index (κ3) is 2.36. The van der Waals surface area contributed by atoms with Gasteiger partial charge in [0.2, 0.25) is 0 Å². The molecule has 17 heavy (non-hydrogen) atoms. The molecule has 1 heterocycles. The zero-order valence-corrected chi connectivity index (χ0v) is 9.45. The molecule has 0 saturated heterocycles. The van der Waals surface area contributed by atoms with E-state index in [9.17, 15) is 10.1 Å². The van der Waals surface area contributed by atoms with E-state index >= 15 is 0 Å². The lowest BCUT2D eigenvalue weighted by atomic mass is 9.91. The van der Waals surface area contributed by atoms with Crippen molar-refractivity contribution in [3.05, 3.63) is 28.6 Å². The highest BCUT2D eigenvalue weighted by Crippen LogP contribution is 2.34. The van der Waals surface area contributed by atoms with Crippen LogP contribution in [0.5, 0.6) is 0 Å². The molecule has 92 valence electrons. The average molecular weight is 237 g/mol. The number of aliphatic hydroxyl groups is 1. The summed E-state index contributed by atoms with van der Waals surface area (Å²) in [6.07, 6.45) is 6.01. The number of aliphatic hydroxyl groups excluding tert-OH is 1. The molecule has 1 N–H and O–H groups in total. The Morgan fingerprint density at radius 1 is 1.59 bits per heavy atom. The van der Waals surface area contributed by atoms with Gasteiger partial charge in [0.05, 0.1) is 11.5 Å². The summed E-state index contributed by atoms with van der Waals surface area (Å²) in [5.74, 6) is 0. The Kier molecular flexibility index (Phi) is 3.53. The minimum absolute atomic E-state index is 0.00399. The van der Waals surface area contributed by atoms with Crippen LogP contribution in [0.15, 0.2) is 18.5 Å². The summed E-state index contributed by atoms with van der Waals surface area (Å²) in [4.78, 5) is 16.2. The maximum absolute atomic E-state index is 10.9. The van der Waals surface area contributed by atoms with E-state index in [1.165, 1.54) is 6.20 Å². The first kappa shape index (κ1) is 11.8. The highest BCUT2D eigenvalue weighted by atomic mass is 16.6. The van der Waals surface area contributed by atoms with Gasteiger partial charge in [-0.05, 0) is 25.3 Å². The Hall–Kier alpha value is -1.69. The number of nitrogens with zero attached hydrogens (tertiary/aromatic N) is 3. The number of anilines is 1. The molecule has 0 bridgehead atoms. The Morgan fingerprint density at radius 3 is 2.88 bits per heavy atom. The van der Waals surface area contributed by atoms with E-state index in [0.29, 0.717) is 18.3 Å². The minimum Gasteiger partial charge on any atom is -0.395 e. The number of aromatic nitrogens is 1. The van der Waals surface area contributed by atoms with Crippen LogP contribution >= 0.6 is 0 Å². The molecule has 0 atom stereocenters. The summed E-state index contributed by atoms with van der Waals surface area (Å²) < 4.78 is 0. The van der Waals surface area contributed by atoms with E-state index in [4.69, 9.17) is 5.11 Å². The fourth-order valence-electron chi connectivity index (χ4n) is 2.07. The molecular formula is C11H15N3O3. The molecule has 2 rings (SSSR count). The molecule has 0 radical (unpaired) electrons. The van der Waals surface area contributed by atoms with E-state index in [1.54, 1.807) is 12.3 Å².